The maximum atomic E-state index is 13.5. The summed E-state index contributed by atoms with van der Waals surface area (Å²) in [6.07, 6.45) is 1.89. The number of amides is 1. The predicted octanol–water partition coefficient (Wildman–Crippen LogP) is 2.14. The minimum atomic E-state index is -1.09. The van der Waals surface area contributed by atoms with Gasteiger partial charge in [0, 0.05) is 17.9 Å². The molecule has 0 aliphatic heterocycles. The van der Waals surface area contributed by atoms with Crippen molar-refractivity contribution in [1.29, 1.82) is 0 Å². The van der Waals surface area contributed by atoms with Gasteiger partial charge in [-0.1, -0.05) is 6.07 Å². The number of anilines is 1. The molecule has 0 bridgehead atoms. The highest BCUT2D eigenvalue weighted by Gasteiger charge is 2.09. The van der Waals surface area contributed by atoms with Gasteiger partial charge in [0.05, 0.1) is 6.42 Å². The number of carboxylic acids is 1. The molecule has 0 heterocycles. The van der Waals surface area contributed by atoms with E-state index in [0.717, 1.165) is 6.07 Å². The van der Waals surface area contributed by atoms with Crippen LogP contribution < -0.4 is 5.32 Å². The highest BCUT2D eigenvalue weighted by molar-refractivity contribution is 7.98. The molecule has 1 amide bonds. The Labute approximate surface area is 109 Å². The summed E-state index contributed by atoms with van der Waals surface area (Å²) >= 11 is 1.55. The first kappa shape index (κ1) is 14.5. The van der Waals surface area contributed by atoms with Crippen molar-refractivity contribution in [3.8, 4) is 0 Å². The third-order valence-corrected chi connectivity index (χ3v) is 2.82. The van der Waals surface area contributed by atoms with E-state index < -0.39 is 11.8 Å². The number of nitrogens with one attached hydrogen (secondary N) is 1. The van der Waals surface area contributed by atoms with Gasteiger partial charge in [0.1, 0.15) is 5.82 Å². The third-order valence-electron chi connectivity index (χ3n) is 2.21. The predicted molar refractivity (Wildman–Crippen MR) is 69.4 cm³/mol. The third kappa shape index (κ3) is 4.75. The second kappa shape index (κ2) is 7.00. The number of hydrogen-bond acceptors (Lipinski definition) is 3. The number of aliphatic carboxylic acids is 1. The molecule has 0 aliphatic carbocycles. The number of halogens is 1. The lowest BCUT2D eigenvalue weighted by Gasteiger charge is -2.06. The molecule has 98 valence electrons. The van der Waals surface area contributed by atoms with E-state index in [1.807, 2.05) is 6.26 Å². The van der Waals surface area contributed by atoms with Gasteiger partial charge in [0.25, 0.3) is 0 Å². The van der Waals surface area contributed by atoms with Gasteiger partial charge in [-0.3, -0.25) is 9.59 Å². The van der Waals surface area contributed by atoms with Crippen LogP contribution in [0.2, 0.25) is 0 Å². The standard InChI is InChI=1S/C12H14FNO3S/c1-18-5-4-11(15)14-9-3-2-8(6-12(16)17)10(13)7-9/h2-3,7H,4-6H2,1H3,(H,14,15)(H,16,17). The SMILES string of the molecule is CSCCC(=O)Nc1ccc(CC(=O)O)c(F)c1. The second-order valence-electron chi connectivity index (χ2n) is 3.67. The molecule has 1 aromatic carbocycles. The molecule has 1 rings (SSSR count). The maximum Gasteiger partial charge on any atom is 0.307 e. The number of carbonyl (C=O) groups excluding carboxylic acids is 1. The zero-order chi connectivity index (χ0) is 13.5. The summed E-state index contributed by atoms with van der Waals surface area (Å²) in [5.41, 5.74) is 0.442. The lowest BCUT2D eigenvalue weighted by atomic mass is 10.1. The van der Waals surface area contributed by atoms with E-state index >= 15 is 0 Å². The van der Waals surface area contributed by atoms with Gasteiger partial charge >= 0.3 is 5.97 Å². The van der Waals surface area contributed by atoms with Crippen molar-refractivity contribution in [2.45, 2.75) is 12.8 Å². The molecule has 0 fully saturated rings. The number of hydrogen-bond donors (Lipinski definition) is 2. The number of benzene rings is 1. The summed E-state index contributed by atoms with van der Waals surface area (Å²) in [6, 6.07) is 4.00. The van der Waals surface area contributed by atoms with Crippen molar-refractivity contribution in [2.75, 3.05) is 17.3 Å². The van der Waals surface area contributed by atoms with Crippen LogP contribution in [0.3, 0.4) is 0 Å². The van der Waals surface area contributed by atoms with E-state index in [1.54, 1.807) is 11.8 Å². The number of rotatable bonds is 6. The van der Waals surface area contributed by atoms with Gasteiger partial charge in [0.15, 0.2) is 0 Å². The van der Waals surface area contributed by atoms with E-state index in [9.17, 15) is 14.0 Å². The Balaban J connectivity index is 2.66. The Hall–Kier alpha value is -1.56. The fourth-order valence-electron chi connectivity index (χ4n) is 1.35. The quantitative estimate of drug-likeness (QED) is 0.832. The molecule has 0 atom stereocenters. The van der Waals surface area contributed by atoms with E-state index in [0.29, 0.717) is 17.9 Å². The molecule has 18 heavy (non-hydrogen) atoms. The molecule has 0 unspecified atom stereocenters. The Morgan fingerprint density at radius 2 is 2.17 bits per heavy atom. The summed E-state index contributed by atoms with van der Waals surface area (Å²) in [6.45, 7) is 0. The lowest BCUT2D eigenvalue weighted by Crippen LogP contribution is -2.12. The summed E-state index contributed by atoms with van der Waals surface area (Å²) in [4.78, 5) is 21.9. The Kier molecular flexibility index (Phi) is 5.64. The van der Waals surface area contributed by atoms with E-state index in [2.05, 4.69) is 5.32 Å². The molecule has 0 saturated carbocycles. The molecule has 1 aromatic rings. The van der Waals surface area contributed by atoms with Crippen LogP contribution in [0.25, 0.3) is 0 Å². The highest BCUT2D eigenvalue weighted by Crippen LogP contribution is 2.15. The fourth-order valence-corrected chi connectivity index (χ4v) is 1.74. The molecule has 2 N–H and O–H groups in total. The largest absolute Gasteiger partial charge is 0.481 e. The molecule has 0 saturated heterocycles. The molecule has 4 nitrogen and oxygen atoms in total. The van der Waals surface area contributed by atoms with Gasteiger partial charge < -0.3 is 10.4 Å². The molecule has 0 aliphatic rings. The zero-order valence-corrected chi connectivity index (χ0v) is 10.7. The summed E-state index contributed by atoms with van der Waals surface area (Å²) in [7, 11) is 0. The van der Waals surface area contributed by atoms with Gasteiger partial charge in [-0.25, -0.2) is 4.39 Å². The normalized spacial score (nSPS) is 10.1. The zero-order valence-electron chi connectivity index (χ0n) is 9.90. The summed E-state index contributed by atoms with van der Waals surface area (Å²) < 4.78 is 13.5. The van der Waals surface area contributed by atoms with Crippen molar-refractivity contribution >= 4 is 29.3 Å². The van der Waals surface area contributed by atoms with Gasteiger partial charge in [-0.15, -0.1) is 0 Å². The molecule has 0 aromatic heterocycles. The lowest BCUT2D eigenvalue weighted by molar-refractivity contribution is -0.136. The summed E-state index contributed by atoms with van der Waals surface area (Å²) in [5, 5.41) is 11.1. The van der Waals surface area contributed by atoms with Crippen molar-refractivity contribution in [1.82, 2.24) is 0 Å². The molecular weight excluding hydrogens is 257 g/mol. The van der Waals surface area contributed by atoms with Crippen LogP contribution in [0.5, 0.6) is 0 Å². The first-order valence-electron chi connectivity index (χ1n) is 5.32. The van der Waals surface area contributed by atoms with Crippen molar-refractivity contribution in [3.05, 3.63) is 29.6 Å². The minimum Gasteiger partial charge on any atom is -0.481 e. The summed E-state index contributed by atoms with van der Waals surface area (Å²) in [5.74, 6) is -1.20. The van der Waals surface area contributed by atoms with Gasteiger partial charge in [-0.2, -0.15) is 11.8 Å². The number of carbonyl (C=O) groups is 2. The molecular formula is C12H14FNO3S. The first-order valence-corrected chi connectivity index (χ1v) is 6.71. The van der Waals surface area contributed by atoms with Crippen LogP contribution in [-0.4, -0.2) is 29.0 Å². The van der Waals surface area contributed by atoms with Crippen molar-refractivity contribution in [3.63, 3.8) is 0 Å². The van der Waals surface area contributed by atoms with E-state index in [1.165, 1.54) is 12.1 Å². The monoisotopic (exact) mass is 271 g/mol. The van der Waals surface area contributed by atoms with Crippen LogP contribution >= 0.6 is 11.8 Å². The highest BCUT2D eigenvalue weighted by atomic mass is 32.2. The van der Waals surface area contributed by atoms with Crippen molar-refractivity contribution in [2.24, 2.45) is 0 Å². The molecule has 0 spiro atoms. The Morgan fingerprint density at radius 3 is 2.72 bits per heavy atom. The molecule has 6 heteroatoms. The minimum absolute atomic E-state index is 0.101. The maximum absolute atomic E-state index is 13.5. The van der Waals surface area contributed by atoms with Crippen LogP contribution in [0.4, 0.5) is 10.1 Å². The van der Waals surface area contributed by atoms with E-state index in [-0.39, 0.29) is 17.9 Å². The Morgan fingerprint density at radius 1 is 1.44 bits per heavy atom. The average Bonchev–Trinajstić information content (AvgIpc) is 2.29. The topological polar surface area (TPSA) is 66.4 Å². The van der Waals surface area contributed by atoms with Crippen LogP contribution in [-0.2, 0) is 16.0 Å². The first-order chi connectivity index (χ1) is 8.52. The van der Waals surface area contributed by atoms with Crippen LogP contribution in [0.1, 0.15) is 12.0 Å². The van der Waals surface area contributed by atoms with Gasteiger partial charge in [0.2, 0.25) is 5.91 Å². The second-order valence-corrected chi connectivity index (χ2v) is 4.65. The number of carboxylic acid groups (broad SMARTS) is 1. The van der Waals surface area contributed by atoms with Crippen molar-refractivity contribution < 1.29 is 19.1 Å². The smallest absolute Gasteiger partial charge is 0.307 e. The van der Waals surface area contributed by atoms with E-state index in [4.69, 9.17) is 5.11 Å². The molecule has 0 radical (unpaired) electrons. The van der Waals surface area contributed by atoms with Crippen LogP contribution in [0, 0.1) is 5.82 Å². The Bertz CT molecular complexity index is 451. The average molecular weight is 271 g/mol. The number of thioether (sulfide) groups is 1. The fraction of sp³-hybridized carbons (Fsp3) is 0.333. The van der Waals surface area contributed by atoms with Crippen LogP contribution in [0.15, 0.2) is 18.2 Å². The van der Waals surface area contributed by atoms with Gasteiger partial charge in [-0.05, 0) is 24.0 Å².